The van der Waals surface area contributed by atoms with Gasteiger partial charge in [0.1, 0.15) is 5.82 Å². The lowest BCUT2D eigenvalue weighted by molar-refractivity contribution is 0.102. The Balaban J connectivity index is 1.79. The van der Waals surface area contributed by atoms with Crippen LogP contribution in [-0.2, 0) is 18.2 Å². The van der Waals surface area contributed by atoms with Crippen molar-refractivity contribution < 1.29 is 4.74 Å². The highest BCUT2D eigenvalue weighted by atomic mass is 16.5. The fraction of sp³-hybridized carbons (Fsp3) is 0.750. The van der Waals surface area contributed by atoms with E-state index in [0.29, 0.717) is 18.2 Å². The van der Waals surface area contributed by atoms with Crippen molar-refractivity contribution in [2.75, 3.05) is 11.1 Å². The van der Waals surface area contributed by atoms with Gasteiger partial charge in [-0.25, -0.2) is 0 Å². The largest absolute Gasteiger partial charge is 0.394 e. The zero-order valence-electron chi connectivity index (χ0n) is 10.4. The molecule has 5 heteroatoms. The fourth-order valence-electron chi connectivity index (χ4n) is 2.99. The Hall–Kier alpha value is -1.23. The summed E-state index contributed by atoms with van der Waals surface area (Å²) in [5, 5.41) is 7.94. The first kappa shape index (κ1) is 10.9. The summed E-state index contributed by atoms with van der Waals surface area (Å²) in [4.78, 5) is 0. The van der Waals surface area contributed by atoms with Crippen LogP contribution in [0.2, 0.25) is 0 Å². The number of hydrogen-bond donors (Lipinski definition) is 2. The van der Waals surface area contributed by atoms with Crippen molar-refractivity contribution in [3.63, 3.8) is 0 Å². The number of anilines is 2. The molecular formula is C12H20N4O. The van der Waals surface area contributed by atoms with E-state index in [4.69, 9.17) is 10.5 Å². The topological polar surface area (TPSA) is 65.1 Å². The maximum absolute atomic E-state index is 6.10. The van der Waals surface area contributed by atoms with Crippen LogP contribution in [0.1, 0.15) is 31.9 Å². The van der Waals surface area contributed by atoms with Crippen molar-refractivity contribution in [2.45, 2.75) is 50.9 Å². The summed E-state index contributed by atoms with van der Waals surface area (Å²) < 4.78 is 7.68. The summed E-state index contributed by atoms with van der Waals surface area (Å²) >= 11 is 0. The second-order valence-electron chi connectivity index (χ2n) is 5.05. The third-order valence-corrected chi connectivity index (χ3v) is 3.92. The Morgan fingerprint density at radius 1 is 1.53 bits per heavy atom. The van der Waals surface area contributed by atoms with Crippen LogP contribution < -0.4 is 11.1 Å². The summed E-state index contributed by atoms with van der Waals surface area (Å²) in [6, 6.07) is 0.399. The molecule has 0 radical (unpaired) electrons. The molecule has 3 unspecified atom stereocenters. The zero-order valence-corrected chi connectivity index (χ0v) is 10.4. The van der Waals surface area contributed by atoms with E-state index in [1.54, 1.807) is 0 Å². The van der Waals surface area contributed by atoms with E-state index < -0.39 is 0 Å². The molecule has 1 aromatic rings. The van der Waals surface area contributed by atoms with Crippen LogP contribution in [0.15, 0.2) is 0 Å². The highest BCUT2D eigenvalue weighted by Gasteiger charge is 2.41. The number of hydrogen-bond acceptors (Lipinski definition) is 4. The van der Waals surface area contributed by atoms with E-state index in [9.17, 15) is 0 Å². The number of nitrogen functional groups attached to an aromatic ring is 1. The summed E-state index contributed by atoms with van der Waals surface area (Å²) in [5.74, 6) is 0.947. The average molecular weight is 236 g/mol. The van der Waals surface area contributed by atoms with Gasteiger partial charge in [0, 0.05) is 7.05 Å². The lowest BCUT2D eigenvalue weighted by atomic mass is 9.95. The quantitative estimate of drug-likeness (QED) is 0.830. The molecule has 17 heavy (non-hydrogen) atoms. The lowest BCUT2D eigenvalue weighted by Gasteiger charge is -2.21. The number of fused-ring (bicyclic) bond motifs is 2. The standard InChI is InChI=1S/C12H20N4O/c1-3-8-11(13)12(16(2)15-8)14-9-6-7-4-5-10(9)17-7/h7,9-10,14H,3-6,13H2,1-2H3. The first-order valence-corrected chi connectivity index (χ1v) is 6.42. The Morgan fingerprint density at radius 2 is 2.35 bits per heavy atom. The number of nitrogens with zero attached hydrogens (tertiary/aromatic N) is 2. The number of rotatable bonds is 3. The van der Waals surface area contributed by atoms with Gasteiger partial charge < -0.3 is 15.8 Å². The highest BCUT2D eigenvalue weighted by molar-refractivity contribution is 5.65. The molecule has 0 aromatic carbocycles. The van der Waals surface area contributed by atoms with Gasteiger partial charge in [0.05, 0.1) is 29.6 Å². The van der Waals surface area contributed by atoms with Gasteiger partial charge >= 0.3 is 0 Å². The van der Waals surface area contributed by atoms with Gasteiger partial charge in [-0.05, 0) is 25.7 Å². The maximum Gasteiger partial charge on any atom is 0.148 e. The predicted molar refractivity (Wildman–Crippen MR) is 66.9 cm³/mol. The highest BCUT2D eigenvalue weighted by Crippen LogP contribution is 2.37. The van der Waals surface area contributed by atoms with E-state index >= 15 is 0 Å². The average Bonchev–Trinajstić information content (AvgIpc) is 2.98. The van der Waals surface area contributed by atoms with E-state index in [1.807, 2.05) is 11.7 Å². The second kappa shape index (κ2) is 3.91. The molecule has 3 rings (SSSR count). The van der Waals surface area contributed by atoms with Crippen molar-refractivity contribution >= 4 is 11.5 Å². The minimum atomic E-state index is 0.361. The Kier molecular flexibility index (Phi) is 2.50. The fourth-order valence-corrected chi connectivity index (χ4v) is 2.99. The van der Waals surface area contributed by atoms with Gasteiger partial charge in [-0.1, -0.05) is 6.92 Å². The van der Waals surface area contributed by atoms with Crippen LogP contribution in [0.4, 0.5) is 11.5 Å². The van der Waals surface area contributed by atoms with E-state index in [1.165, 1.54) is 12.8 Å². The SMILES string of the molecule is CCc1nn(C)c(NC2CC3CCC2O3)c1N. The Morgan fingerprint density at radius 3 is 2.88 bits per heavy atom. The van der Waals surface area contributed by atoms with Gasteiger partial charge in [-0.3, -0.25) is 4.68 Å². The second-order valence-corrected chi connectivity index (χ2v) is 5.05. The molecule has 2 fully saturated rings. The van der Waals surface area contributed by atoms with Crippen LogP contribution in [0.5, 0.6) is 0 Å². The van der Waals surface area contributed by atoms with Crippen molar-refractivity contribution in [1.82, 2.24) is 9.78 Å². The molecule has 5 nitrogen and oxygen atoms in total. The van der Waals surface area contributed by atoms with Gasteiger partial charge in [0.15, 0.2) is 0 Å². The summed E-state index contributed by atoms with van der Waals surface area (Å²) in [6.07, 6.45) is 5.16. The normalized spacial score (nSPS) is 31.1. The van der Waals surface area contributed by atoms with Gasteiger partial charge in [0.25, 0.3) is 0 Å². The van der Waals surface area contributed by atoms with Crippen molar-refractivity contribution in [2.24, 2.45) is 7.05 Å². The number of ether oxygens (including phenoxy) is 1. The van der Waals surface area contributed by atoms with E-state index in [2.05, 4.69) is 17.3 Å². The van der Waals surface area contributed by atoms with Crippen molar-refractivity contribution in [1.29, 1.82) is 0 Å². The van der Waals surface area contributed by atoms with Gasteiger partial charge in [0.2, 0.25) is 0 Å². The summed E-state index contributed by atoms with van der Waals surface area (Å²) in [6.45, 7) is 2.07. The van der Waals surface area contributed by atoms with Gasteiger partial charge in [-0.15, -0.1) is 0 Å². The lowest BCUT2D eigenvalue weighted by Crippen LogP contribution is -2.31. The van der Waals surface area contributed by atoms with Crippen LogP contribution in [-0.4, -0.2) is 28.0 Å². The molecule has 0 aliphatic carbocycles. The third kappa shape index (κ3) is 1.69. The van der Waals surface area contributed by atoms with Crippen LogP contribution in [0.25, 0.3) is 0 Å². The van der Waals surface area contributed by atoms with Gasteiger partial charge in [-0.2, -0.15) is 5.10 Å². The maximum atomic E-state index is 6.10. The number of aryl methyl sites for hydroxylation is 2. The molecule has 2 aliphatic rings. The summed E-state index contributed by atoms with van der Waals surface area (Å²) in [7, 11) is 1.94. The Bertz CT molecular complexity index is 428. The molecule has 94 valence electrons. The molecular weight excluding hydrogens is 216 g/mol. The molecule has 3 heterocycles. The molecule has 2 bridgehead atoms. The number of nitrogens with two attached hydrogens (primary N) is 1. The third-order valence-electron chi connectivity index (χ3n) is 3.92. The smallest absolute Gasteiger partial charge is 0.148 e. The molecule has 0 spiro atoms. The van der Waals surface area contributed by atoms with Crippen molar-refractivity contribution in [3.05, 3.63) is 5.69 Å². The molecule has 2 aliphatic heterocycles. The predicted octanol–water partition coefficient (Wildman–Crippen LogP) is 1.30. The van der Waals surface area contributed by atoms with Crippen LogP contribution in [0, 0.1) is 0 Å². The number of nitrogens with one attached hydrogen (secondary N) is 1. The van der Waals surface area contributed by atoms with E-state index in [0.717, 1.165) is 30.0 Å². The molecule has 0 saturated carbocycles. The molecule has 1 aromatic heterocycles. The monoisotopic (exact) mass is 236 g/mol. The minimum absolute atomic E-state index is 0.361. The van der Waals surface area contributed by atoms with E-state index in [-0.39, 0.29) is 0 Å². The molecule has 3 N–H and O–H groups in total. The first-order valence-electron chi connectivity index (χ1n) is 6.42. The first-order chi connectivity index (χ1) is 8.19. The van der Waals surface area contributed by atoms with Crippen LogP contribution >= 0.6 is 0 Å². The molecule has 2 saturated heterocycles. The molecule has 0 amide bonds. The zero-order chi connectivity index (χ0) is 12.0. The minimum Gasteiger partial charge on any atom is -0.394 e. The Labute approximate surface area is 101 Å². The number of aromatic nitrogens is 2. The van der Waals surface area contributed by atoms with Crippen molar-refractivity contribution in [3.8, 4) is 0 Å². The molecule has 3 atom stereocenters. The van der Waals surface area contributed by atoms with Crippen LogP contribution in [0.3, 0.4) is 0 Å². The summed E-state index contributed by atoms with van der Waals surface area (Å²) in [5.41, 5.74) is 7.87.